The Morgan fingerprint density at radius 2 is 1.76 bits per heavy atom. The second kappa shape index (κ2) is 6.43. The van der Waals surface area contributed by atoms with E-state index in [-0.39, 0.29) is 11.7 Å². The van der Waals surface area contributed by atoms with Crippen LogP contribution in [-0.4, -0.2) is 36.5 Å². The molecular weight excluding hydrogens is 271 g/mol. The quantitative estimate of drug-likeness (QED) is 0.877. The van der Waals surface area contributed by atoms with Crippen LogP contribution < -0.4 is 10.5 Å². The standard InChI is InChI=1S/C16H25FN2O2/c1-15(2,16(3,4)18)14(20)19(5)10-11-21-13-8-6-12(17)7-9-13/h6-9H,10-11,18H2,1-5H3. The molecule has 1 rings (SSSR count). The second-order valence-electron chi connectivity index (χ2n) is 6.38. The highest BCUT2D eigenvalue weighted by Crippen LogP contribution is 2.30. The zero-order valence-electron chi connectivity index (χ0n) is 13.4. The van der Waals surface area contributed by atoms with Gasteiger partial charge in [0.15, 0.2) is 0 Å². The van der Waals surface area contributed by atoms with Gasteiger partial charge in [0.2, 0.25) is 5.91 Å². The predicted octanol–water partition coefficient (Wildman–Crippen LogP) is 2.43. The molecule has 0 aliphatic heterocycles. The second-order valence-corrected chi connectivity index (χ2v) is 6.38. The van der Waals surface area contributed by atoms with E-state index in [1.165, 1.54) is 12.1 Å². The summed E-state index contributed by atoms with van der Waals surface area (Å²) in [5, 5.41) is 0. The molecule has 0 fully saturated rings. The lowest BCUT2D eigenvalue weighted by molar-refractivity contribution is -0.142. The molecule has 0 heterocycles. The number of carbonyl (C=O) groups is 1. The topological polar surface area (TPSA) is 55.6 Å². The largest absolute Gasteiger partial charge is 0.492 e. The summed E-state index contributed by atoms with van der Waals surface area (Å²) in [4.78, 5) is 14.0. The van der Waals surface area contributed by atoms with Crippen LogP contribution in [0, 0.1) is 11.2 Å². The Hall–Kier alpha value is -1.62. The van der Waals surface area contributed by atoms with Gasteiger partial charge in [0.1, 0.15) is 18.2 Å². The Balaban J connectivity index is 2.52. The normalized spacial score (nSPS) is 12.1. The van der Waals surface area contributed by atoms with Crippen LogP contribution in [0.25, 0.3) is 0 Å². The van der Waals surface area contributed by atoms with Crippen molar-refractivity contribution in [3.63, 3.8) is 0 Å². The van der Waals surface area contributed by atoms with Gasteiger partial charge in [-0.2, -0.15) is 0 Å². The highest BCUT2D eigenvalue weighted by atomic mass is 19.1. The van der Waals surface area contributed by atoms with Gasteiger partial charge in [0, 0.05) is 12.6 Å². The minimum absolute atomic E-state index is 0.0299. The summed E-state index contributed by atoms with van der Waals surface area (Å²) < 4.78 is 18.3. The summed E-state index contributed by atoms with van der Waals surface area (Å²) in [5.74, 6) is 0.245. The van der Waals surface area contributed by atoms with Crippen molar-refractivity contribution in [2.24, 2.45) is 11.1 Å². The molecule has 21 heavy (non-hydrogen) atoms. The molecule has 2 N–H and O–H groups in total. The fourth-order valence-corrected chi connectivity index (χ4v) is 1.69. The molecule has 0 aliphatic rings. The molecule has 118 valence electrons. The summed E-state index contributed by atoms with van der Waals surface area (Å²) in [5.41, 5.74) is 4.79. The maximum Gasteiger partial charge on any atom is 0.229 e. The minimum Gasteiger partial charge on any atom is -0.492 e. The lowest BCUT2D eigenvalue weighted by Gasteiger charge is -2.39. The third kappa shape index (κ3) is 4.43. The smallest absolute Gasteiger partial charge is 0.229 e. The zero-order valence-corrected chi connectivity index (χ0v) is 13.4. The van der Waals surface area contributed by atoms with Gasteiger partial charge < -0.3 is 15.4 Å². The highest BCUT2D eigenvalue weighted by molar-refractivity contribution is 5.83. The third-order valence-corrected chi connectivity index (χ3v) is 4.00. The number of benzene rings is 1. The molecule has 5 heteroatoms. The van der Waals surface area contributed by atoms with Crippen molar-refractivity contribution in [3.8, 4) is 5.75 Å². The first-order valence-corrected chi connectivity index (χ1v) is 6.98. The first-order valence-electron chi connectivity index (χ1n) is 6.98. The number of carbonyl (C=O) groups excluding carboxylic acids is 1. The zero-order chi connectivity index (χ0) is 16.3. The number of nitrogens with zero attached hydrogens (tertiary/aromatic N) is 1. The average Bonchev–Trinajstić information content (AvgIpc) is 2.38. The van der Waals surface area contributed by atoms with E-state index in [2.05, 4.69) is 0 Å². The highest BCUT2D eigenvalue weighted by Gasteiger charge is 2.41. The summed E-state index contributed by atoms with van der Waals surface area (Å²) in [6.45, 7) is 8.14. The molecule has 0 bridgehead atoms. The molecule has 0 atom stereocenters. The van der Waals surface area contributed by atoms with E-state index in [9.17, 15) is 9.18 Å². The number of halogens is 1. The summed E-state index contributed by atoms with van der Waals surface area (Å²) in [6.07, 6.45) is 0. The predicted molar refractivity (Wildman–Crippen MR) is 81.6 cm³/mol. The van der Waals surface area contributed by atoms with Crippen LogP contribution in [0.15, 0.2) is 24.3 Å². The van der Waals surface area contributed by atoms with Crippen molar-refractivity contribution < 1.29 is 13.9 Å². The Bertz CT molecular complexity index is 478. The number of amides is 1. The monoisotopic (exact) mass is 296 g/mol. The molecule has 1 amide bonds. The van der Waals surface area contributed by atoms with Crippen molar-refractivity contribution in [1.29, 1.82) is 0 Å². The number of rotatable bonds is 6. The third-order valence-electron chi connectivity index (χ3n) is 4.00. The maximum atomic E-state index is 12.8. The number of hydrogen-bond acceptors (Lipinski definition) is 3. The molecule has 0 spiro atoms. The molecular formula is C16H25FN2O2. The Labute approximate surface area is 126 Å². The fraction of sp³-hybridized carbons (Fsp3) is 0.562. The SMILES string of the molecule is CN(CCOc1ccc(F)cc1)C(=O)C(C)(C)C(C)(C)N. The Morgan fingerprint density at radius 3 is 2.24 bits per heavy atom. The Morgan fingerprint density at radius 1 is 1.24 bits per heavy atom. The van der Waals surface area contributed by atoms with E-state index in [4.69, 9.17) is 10.5 Å². The Kier molecular flexibility index (Phi) is 5.34. The number of ether oxygens (including phenoxy) is 1. The van der Waals surface area contributed by atoms with E-state index < -0.39 is 11.0 Å². The molecule has 0 radical (unpaired) electrons. The molecule has 0 saturated heterocycles. The van der Waals surface area contributed by atoms with E-state index in [1.807, 2.05) is 27.7 Å². The van der Waals surface area contributed by atoms with Gasteiger partial charge >= 0.3 is 0 Å². The fourth-order valence-electron chi connectivity index (χ4n) is 1.69. The van der Waals surface area contributed by atoms with Gasteiger partial charge in [-0.05, 0) is 52.0 Å². The maximum absolute atomic E-state index is 12.8. The lowest BCUT2D eigenvalue weighted by Crippen LogP contribution is -2.56. The van der Waals surface area contributed by atoms with Gasteiger partial charge in [-0.1, -0.05) is 0 Å². The molecule has 1 aromatic rings. The number of nitrogens with two attached hydrogens (primary N) is 1. The minimum atomic E-state index is -0.669. The summed E-state index contributed by atoms with van der Waals surface area (Å²) in [7, 11) is 1.73. The van der Waals surface area contributed by atoms with Crippen molar-refractivity contribution in [2.45, 2.75) is 33.2 Å². The number of likely N-dealkylation sites (N-methyl/N-ethyl adjacent to an activating group) is 1. The molecule has 0 aliphatic carbocycles. The van der Waals surface area contributed by atoms with Gasteiger partial charge in [-0.3, -0.25) is 4.79 Å². The number of hydrogen-bond donors (Lipinski definition) is 1. The van der Waals surface area contributed by atoms with Crippen molar-refractivity contribution >= 4 is 5.91 Å². The van der Waals surface area contributed by atoms with Crippen LogP contribution in [0.5, 0.6) is 5.75 Å². The van der Waals surface area contributed by atoms with Crippen LogP contribution in [-0.2, 0) is 4.79 Å². The van der Waals surface area contributed by atoms with E-state index in [0.29, 0.717) is 18.9 Å². The van der Waals surface area contributed by atoms with Crippen molar-refractivity contribution in [1.82, 2.24) is 4.90 Å². The molecule has 4 nitrogen and oxygen atoms in total. The van der Waals surface area contributed by atoms with Gasteiger partial charge in [0.05, 0.1) is 12.0 Å². The van der Waals surface area contributed by atoms with Gasteiger partial charge in [-0.25, -0.2) is 4.39 Å². The molecule has 0 saturated carbocycles. The summed E-state index contributed by atoms with van der Waals surface area (Å²) in [6, 6.07) is 5.79. The van der Waals surface area contributed by atoms with Crippen LogP contribution in [0.1, 0.15) is 27.7 Å². The van der Waals surface area contributed by atoms with Crippen molar-refractivity contribution in [2.75, 3.05) is 20.2 Å². The average molecular weight is 296 g/mol. The van der Waals surface area contributed by atoms with Crippen molar-refractivity contribution in [3.05, 3.63) is 30.1 Å². The van der Waals surface area contributed by atoms with Crippen LogP contribution in [0.2, 0.25) is 0 Å². The lowest BCUT2D eigenvalue weighted by atomic mass is 9.74. The first kappa shape index (κ1) is 17.4. The van der Waals surface area contributed by atoms with E-state index in [1.54, 1.807) is 24.1 Å². The van der Waals surface area contributed by atoms with E-state index in [0.717, 1.165) is 0 Å². The van der Waals surface area contributed by atoms with Crippen LogP contribution >= 0.6 is 0 Å². The van der Waals surface area contributed by atoms with E-state index >= 15 is 0 Å². The molecule has 0 aromatic heterocycles. The van der Waals surface area contributed by atoms with Gasteiger partial charge in [0.25, 0.3) is 0 Å². The molecule has 1 aromatic carbocycles. The first-order chi connectivity index (χ1) is 9.55. The summed E-state index contributed by atoms with van der Waals surface area (Å²) >= 11 is 0. The van der Waals surface area contributed by atoms with Gasteiger partial charge in [-0.15, -0.1) is 0 Å². The van der Waals surface area contributed by atoms with Crippen LogP contribution in [0.4, 0.5) is 4.39 Å². The van der Waals surface area contributed by atoms with Crippen LogP contribution in [0.3, 0.4) is 0 Å². The molecule has 0 unspecified atom stereocenters.